The number of hydrogen-bond acceptors (Lipinski definition) is 9. The van der Waals surface area contributed by atoms with Crippen LogP contribution < -0.4 is 15.8 Å². The molecule has 4 aromatic rings. The number of amides is 2. The Morgan fingerprint density at radius 1 is 1.08 bits per heavy atom. The molecular formula is C35H44ClN7O4S. The summed E-state index contributed by atoms with van der Waals surface area (Å²) in [5.74, 6) is -0.0354. The van der Waals surface area contributed by atoms with E-state index >= 15 is 0 Å². The van der Waals surface area contributed by atoms with Gasteiger partial charge in [-0.3, -0.25) is 14.3 Å². The number of β-amino-alcohol motifs (C(OH)–C–C–N with tert-alkyl or cyclic N) is 1. The summed E-state index contributed by atoms with van der Waals surface area (Å²) in [6, 6.07) is 10.2. The van der Waals surface area contributed by atoms with Gasteiger partial charge in [0.1, 0.15) is 18.2 Å². The van der Waals surface area contributed by atoms with Crippen LogP contribution in [0.4, 0.5) is 0 Å². The van der Waals surface area contributed by atoms with Gasteiger partial charge in [0.25, 0.3) is 0 Å². The van der Waals surface area contributed by atoms with Crippen molar-refractivity contribution >= 4 is 35.6 Å². The summed E-state index contributed by atoms with van der Waals surface area (Å²) in [5, 5.41) is 18.4. The number of pyridine rings is 1. The van der Waals surface area contributed by atoms with Gasteiger partial charge in [0.15, 0.2) is 0 Å². The second kappa shape index (κ2) is 14.3. The van der Waals surface area contributed by atoms with Gasteiger partial charge in [-0.2, -0.15) is 5.10 Å². The SMILES string of the molecule is Cc1ncsc1-c1ccc([C@H](C)NC(=O)[C@@H]2C[C@@H](O)CN2C(=O)[C@@H](n2cc(-c3ccnc(OC4CC(N)C4)c3)cn2)C(C)(C)C)cc1.Cl. The molecule has 1 aliphatic carbocycles. The first-order valence-corrected chi connectivity index (χ1v) is 17.0. The number of ether oxygens (including phenoxy) is 1. The number of halogens is 1. The number of carbonyl (C=O) groups excluding carboxylic acids is 2. The van der Waals surface area contributed by atoms with Gasteiger partial charge in [-0.15, -0.1) is 23.7 Å². The molecular weight excluding hydrogens is 650 g/mol. The number of carbonyl (C=O) groups is 2. The lowest BCUT2D eigenvalue weighted by Gasteiger charge is -2.35. The normalized spacial score (nSPS) is 21.9. The molecule has 1 saturated heterocycles. The number of aliphatic hydroxyl groups is 1. The van der Waals surface area contributed by atoms with E-state index < -0.39 is 23.6 Å². The van der Waals surface area contributed by atoms with Crippen LogP contribution in [0.3, 0.4) is 0 Å². The van der Waals surface area contributed by atoms with Crippen LogP contribution in [-0.4, -0.2) is 72.4 Å². The highest BCUT2D eigenvalue weighted by Crippen LogP contribution is 2.36. The molecule has 0 unspecified atom stereocenters. The fourth-order valence-corrected chi connectivity index (χ4v) is 7.21. The maximum Gasteiger partial charge on any atom is 0.248 e. The second-order valence-electron chi connectivity index (χ2n) is 13.8. The van der Waals surface area contributed by atoms with E-state index in [1.165, 1.54) is 4.90 Å². The highest BCUT2D eigenvalue weighted by atomic mass is 35.5. The van der Waals surface area contributed by atoms with Gasteiger partial charge < -0.3 is 25.8 Å². The number of aryl methyl sites for hydroxylation is 1. The van der Waals surface area contributed by atoms with Crippen molar-refractivity contribution in [1.29, 1.82) is 0 Å². The Bertz CT molecular complexity index is 1730. The molecule has 13 heteroatoms. The average molecular weight is 694 g/mol. The molecule has 4 heterocycles. The van der Waals surface area contributed by atoms with Crippen LogP contribution in [0.5, 0.6) is 5.88 Å². The number of nitrogens with zero attached hydrogens (tertiary/aromatic N) is 5. The van der Waals surface area contributed by atoms with Crippen molar-refractivity contribution in [1.82, 2.24) is 30.0 Å². The lowest BCUT2D eigenvalue weighted by atomic mass is 9.85. The standard InChI is InChI=1S/C35H43N7O4S.ClH/c1-20(22-6-8-23(9-7-22)31-21(2)38-19-47-31)40-33(44)29-15-27(43)18-41(29)34(45)32(35(3,4)5)42-17-25(16-39-42)24-10-11-37-30(12-24)46-28-13-26(36)14-28;/h6-12,16-17,19-20,26-29,32,43H,13-15,18,36H2,1-5H3,(H,40,44);1H/t20-,26?,27+,28?,29-,32+;/m0./s1. The van der Waals surface area contributed by atoms with E-state index in [1.54, 1.807) is 28.4 Å². The Balaban J connectivity index is 0.00000451. The van der Waals surface area contributed by atoms with Crippen molar-refractivity contribution in [2.45, 2.75) is 90.3 Å². The number of nitrogens with two attached hydrogens (primary N) is 1. The number of rotatable bonds is 9. The summed E-state index contributed by atoms with van der Waals surface area (Å²) < 4.78 is 7.64. The van der Waals surface area contributed by atoms with Gasteiger partial charge >= 0.3 is 0 Å². The molecule has 1 saturated carbocycles. The predicted octanol–water partition coefficient (Wildman–Crippen LogP) is 5.09. The van der Waals surface area contributed by atoms with Gasteiger partial charge in [0, 0.05) is 43.0 Å². The zero-order chi connectivity index (χ0) is 33.5. The first-order chi connectivity index (χ1) is 22.4. The Kier molecular flexibility index (Phi) is 10.6. The van der Waals surface area contributed by atoms with Gasteiger partial charge in [0.2, 0.25) is 17.7 Å². The molecule has 1 aromatic carbocycles. The van der Waals surface area contributed by atoms with Crippen molar-refractivity contribution in [3.8, 4) is 27.4 Å². The lowest BCUT2D eigenvalue weighted by molar-refractivity contribution is -0.144. The Morgan fingerprint density at radius 3 is 2.46 bits per heavy atom. The summed E-state index contributed by atoms with van der Waals surface area (Å²) in [4.78, 5) is 39.3. The third-order valence-electron chi connectivity index (χ3n) is 9.05. The minimum atomic E-state index is -0.807. The molecule has 3 aromatic heterocycles. The van der Waals surface area contributed by atoms with Crippen LogP contribution in [0.15, 0.2) is 60.5 Å². The zero-order valence-corrected chi connectivity index (χ0v) is 29.5. The zero-order valence-electron chi connectivity index (χ0n) is 27.9. The lowest BCUT2D eigenvalue weighted by Crippen LogP contribution is -2.50. The predicted molar refractivity (Wildman–Crippen MR) is 188 cm³/mol. The maximum atomic E-state index is 14.3. The van der Waals surface area contributed by atoms with E-state index in [1.807, 2.05) is 82.7 Å². The summed E-state index contributed by atoms with van der Waals surface area (Å²) >= 11 is 1.60. The molecule has 11 nitrogen and oxygen atoms in total. The summed E-state index contributed by atoms with van der Waals surface area (Å²) in [5.41, 5.74) is 11.9. The number of aliphatic hydroxyl groups excluding tert-OH is 1. The molecule has 4 atom stereocenters. The second-order valence-corrected chi connectivity index (χ2v) is 14.7. The van der Waals surface area contributed by atoms with Gasteiger partial charge in [0.05, 0.1) is 34.4 Å². The summed E-state index contributed by atoms with van der Waals surface area (Å²) in [6.45, 7) is 9.90. The molecule has 0 spiro atoms. The van der Waals surface area contributed by atoms with E-state index in [0.717, 1.165) is 45.7 Å². The number of likely N-dealkylation sites (tertiary alicyclic amines) is 1. The quantitative estimate of drug-likeness (QED) is 0.220. The number of aromatic nitrogens is 4. The Labute approximate surface area is 291 Å². The minimum Gasteiger partial charge on any atom is -0.474 e. The van der Waals surface area contributed by atoms with Crippen LogP contribution in [0.2, 0.25) is 0 Å². The van der Waals surface area contributed by atoms with Crippen LogP contribution in [0.1, 0.15) is 70.3 Å². The maximum absolute atomic E-state index is 14.3. The van der Waals surface area contributed by atoms with Crippen molar-refractivity contribution < 1.29 is 19.4 Å². The highest BCUT2D eigenvalue weighted by Gasteiger charge is 2.45. The molecule has 4 N–H and O–H groups in total. The molecule has 2 fully saturated rings. The number of nitrogens with one attached hydrogen (secondary N) is 1. The van der Waals surface area contributed by atoms with Crippen LogP contribution in [0.25, 0.3) is 21.6 Å². The topological polar surface area (TPSA) is 148 Å². The van der Waals surface area contributed by atoms with E-state index in [0.29, 0.717) is 5.88 Å². The van der Waals surface area contributed by atoms with E-state index in [-0.39, 0.29) is 55.4 Å². The molecule has 1 aliphatic heterocycles. The third-order valence-corrected chi connectivity index (χ3v) is 10.0. The van der Waals surface area contributed by atoms with Crippen LogP contribution >= 0.6 is 23.7 Å². The number of thiazole rings is 1. The first kappa shape index (κ1) is 35.5. The Morgan fingerprint density at radius 2 is 1.81 bits per heavy atom. The monoisotopic (exact) mass is 693 g/mol. The van der Waals surface area contributed by atoms with Gasteiger partial charge in [-0.25, -0.2) is 9.97 Å². The molecule has 6 rings (SSSR count). The van der Waals surface area contributed by atoms with E-state index in [2.05, 4.69) is 20.4 Å². The Hall–Kier alpha value is -3.84. The van der Waals surface area contributed by atoms with E-state index in [4.69, 9.17) is 10.5 Å². The molecule has 48 heavy (non-hydrogen) atoms. The highest BCUT2D eigenvalue weighted by molar-refractivity contribution is 7.13. The van der Waals surface area contributed by atoms with Crippen molar-refractivity contribution in [3.05, 3.63) is 71.8 Å². The van der Waals surface area contributed by atoms with Crippen molar-refractivity contribution in [2.75, 3.05) is 6.54 Å². The minimum absolute atomic E-state index is 0. The van der Waals surface area contributed by atoms with Crippen molar-refractivity contribution in [3.63, 3.8) is 0 Å². The average Bonchev–Trinajstić information content (AvgIpc) is 3.76. The fraction of sp³-hybridized carbons (Fsp3) is 0.457. The molecule has 2 aliphatic rings. The summed E-state index contributed by atoms with van der Waals surface area (Å²) in [6.07, 6.45) is 6.30. The number of hydrogen-bond donors (Lipinski definition) is 3. The number of benzene rings is 1. The largest absolute Gasteiger partial charge is 0.474 e. The van der Waals surface area contributed by atoms with Gasteiger partial charge in [-0.05, 0) is 54.9 Å². The molecule has 0 radical (unpaired) electrons. The van der Waals surface area contributed by atoms with Crippen LogP contribution in [0, 0.1) is 12.3 Å². The summed E-state index contributed by atoms with van der Waals surface area (Å²) in [7, 11) is 0. The van der Waals surface area contributed by atoms with E-state index in [9.17, 15) is 14.7 Å². The first-order valence-electron chi connectivity index (χ1n) is 16.1. The third kappa shape index (κ3) is 7.57. The molecule has 2 amide bonds. The van der Waals surface area contributed by atoms with Crippen molar-refractivity contribution in [2.24, 2.45) is 11.1 Å². The molecule has 256 valence electrons. The van der Waals surface area contributed by atoms with Gasteiger partial charge in [-0.1, -0.05) is 45.0 Å². The van der Waals surface area contributed by atoms with Crippen LogP contribution in [-0.2, 0) is 9.59 Å². The smallest absolute Gasteiger partial charge is 0.248 e. The molecule has 0 bridgehead atoms. The fourth-order valence-electron chi connectivity index (χ4n) is 6.39.